The number of hydrogen-bond acceptors (Lipinski definition) is 4. The minimum atomic E-state index is -0.0995. The Hall–Kier alpha value is -1.31. The molecule has 1 heterocycles. The number of nitrogens with one attached hydrogen (secondary N) is 1. The van der Waals surface area contributed by atoms with Gasteiger partial charge in [0.15, 0.2) is 0 Å². The van der Waals surface area contributed by atoms with Crippen LogP contribution in [0.2, 0.25) is 5.15 Å². The monoisotopic (exact) mass is 239 g/mol. The standard InChI is InChI=1S/C11H14ClN3O/c1-7(2)9(6-16)14-11-4-8(5-13)3-10(12)15-11/h3-4,7,9,16H,6H2,1-2H3,(H,14,15)/t9-/m1/s1. The van der Waals surface area contributed by atoms with Crippen LogP contribution in [0.25, 0.3) is 0 Å². The quantitative estimate of drug-likeness (QED) is 0.789. The molecule has 0 spiro atoms. The molecule has 4 nitrogen and oxygen atoms in total. The first-order valence-corrected chi connectivity index (χ1v) is 5.39. The van der Waals surface area contributed by atoms with E-state index in [1.165, 1.54) is 6.07 Å². The molecule has 1 rings (SSSR count). The van der Waals surface area contributed by atoms with Crippen molar-refractivity contribution in [1.29, 1.82) is 5.26 Å². The zero-order chi connectivity index (χ0) is 12.1. The summed E-state index contributed by atoms with van der Waals surface area (Å²) in [4.78, 5) is 4.04. The van der Waals surface area contributed by atoms with Gasteiger partial charge in [-0.3, -0.25) is 0 Å². The van der Waals surface area contributed by atoms with Crippen molar-refractivity contribution in [3.05, 3.63) is 22.8 Å². The van der Waals surface area contributed by atoms with Crippen LogP contribution in [0.5, 0.6) is 0 Å². The zero-order valence-corrected chi connectivity index (χ0v) is 9.99. The molecule has 0 bridgehead atoms. The smallest absolute Gasteiger partial charge is 0.132 e. The molecule has 16 heavy (non-hydrogen) atoms. The fraction of sp³-hybridized carbons (Fsp3) is 0.455. The molecule has 0 aromatic carbocycles. The van der Waals surface area contributed by atoms with Gasteiger partial charge in [0.1, 0.15) is 11.0 Å². The number of hydrogen-bond donors (Lipinski definition) is 2. The van der Waals surface area contributed by atoms with E-state index in [2.05, 4.69) is 10.3 Å². The fourth-order valence-corrected chi connectivity index (χ4v) is 1.46. The van der Waals surface area contributed by atoms with Gasteiger partial charge in [-0.15, -0.1) is 0 Å². The van der Waals surface area contributed by atoms with Crippen LogP contribution in [-0.2, 0) is 0 Å². The Balaban J connectivity index is 2.88. The van der Waals surface area contributed by atoms with Crippen LogP contribution in [0.4, 0.5) is 5.82 Å². The highest BCUT2D eigenvalue weighted by Gasteiger charge is 2.12. The van der Waals surface area contributed by atoms with Gasteiger partial charge >= 0.3 is 0 Å². The van der Waals surface area contributed by atoms with Gasteiger partial charge in [-0.1, -0.05) is 25.4 Å². The number of nitrogens with zero attached hydrogens (tertiary/aromatic N) is 2. The van der Waals surface area contributed by atoms with Crippen LogP contribution in [0.15, 0.2) is 12.1 Å². The largest absolute Gasteiger partial charge is 0.394 e. The van der Waals surface area contributed by atoms with Crippen molar-refractivity contribution in [2.24, 2.45) is 5.92 Å². The predicted molar refractivity (Wildman–Crippen MR) is 63.3 cm³/mol. The first kappa shape index (κ1) is 12.8. The number of aromatic nitrogens is 1. The number of halogens is 1. The van der Waals surface area contributed by atoms with Crippen molar-refractivity contribution < 1.29 is 5.11 Å². The maximum atomic E-state index is 9.17. The van der Waals surface area contributed by atoms with Gasteiger partial charge in [0.2, 0.25) is 0 Å². The van der Waals surface area contributed by atoms with E-state index in [1.807, 2.05) is 19.9 Å². The van der Waals surface area contributed by atoms with Crippen LogP contribution in [0.1, 0.15) is 19.4 Å². The van der Waals surface area contributed by atoms with Crippen molar-refractivity contribution in [2.45, 2.75) is 19.9 Å². The summed E-state index contributed by atoms with van der Waals surface area (Å²) in [7, 11) is 0. The lowest BCUT2D eigenvalue weighted by atomic mass is 10.1. The highest BCUT2D eigenvalue weighted by atomic mass is 35.5. The van der Waals surface area contributed by atoms with Gasteiger partial charge in [-0.25, -0.2) is 4.98 Å². The number of anilines is 1. The second-order valence-corrected chi connectivity index (χ2v) is 4.24. The van der Waals surface area contributed by atoms with E-state index in [0.29, 0.717) is 11.4 Å². The Morgan fingerprint density at radius 1 is 1.56 bits per heavy atom. The number of aliphatic hydroxyl groups is 1. The molecule has 0 fully saturated rings. The van der Waals surface area contributed by atoms with Gasteiger partial charge in [0.05, 0.1) is 24.3 Å². The van der Waals surface area contributed by atoms with Crippen LogP contribution >= 0.6 is 11.6 Å². The van der Waals surface area contributed by atoms with Crippen LogP contribution in [0.3, 0.4) is 0 Å². The summed E-state index contributed by atoms with van der Waals surface area (Å²) in [5, 5.41) is 21.3. The number of pyridine rings is 1. The summed E-state index contributed by atoms with van der Waals surface area (Å²) in [5.41, 5.74) is 0.447. The van der Waals surface area contributed by atoms with Crippen molar-refractivity contribution in [3.8, 4) is 6.07 Å². The molecule has 2 N–H and O–H groups in total. The first-order chi connectivity index (χ1) is 7.56. The third-order valence-electron chi connectivity index (χ3n) is 2.26. The van der Waals surface area contributed by atoms with Crippen molar-refractivity contribution in [1.82, 2.24) is 4.98 Å². The third-order valence-corrected chi connectivity index (χ3v) is 2.45. The van der Waals surface area contributed by atoms with Crippen molar-refractivity contribution in [2.75, 3.05) is 11.9 Å². The van der Waals surface area contributed by atoms with Gasteiger partial charge in [0.25, 0.3) is 0 Å². The highest BCUT2D eigenvalue weighted by Crippen LogP contribution is 2.16. The Morgan fingerprint density at radius 3 is 2.75 bits per heavy atom. The van der Waals surface area contributed by atoms with Crippen LogP contribution in [0, 0.1) is 17.2 Å². The van der Waals surface area contributed by atoms with E-state index >= 15 is 0 Å². The maximum absolute atomic E-state index is 9.17. The van der Waals surface area contributed by atoms with Gasteiger partial charge in [0, 0.05) is 0 Å². The molecule has 1 aromatic heterocycles. The minimum Gasteiger partial charge on any atom is -0.394 e. The van der Waals surface area contributed by atoms with Gasteiger partial charge < -0.3 is 10.4 Å². The molecule has 5 heteroatoms. The molecule has 1 atom stereocenters. The van der Waals surface area contributed by atoms with Gasteiger partial charge in [-0.05, 0) is 18.1 Å². The Kier molecular flexibility index (Phi) is 4.53. The second kappa shape index (κ2) is 5.69. The summed E-state index contributed by atoms with van der Waals surface area (Å²) in [6, 6.07) is 5.01. The first-order valence-electron chi connectivity index (χ1n) is 5.02. The second-order valence-electron chi connectivity index (χ2n) is 3.85. The molecule has 0 amide bonds. The van der Waals surface area contributed by atoms with Gasteiger partial charge in [-0.2, -0.15) is 5.26 Å². The Morgan fingerprint density at radius 2 is 2.25 bits per heavy atom. The van der Waals surface area contributed by atoms with E-state index in [4.69, 9.17) is 22.0 Å². The average molecular weight is 240 g/mol. The molecule has 0 saturated heterocycles. The molecule has 0 aliphatic heterocycles. The third kappa shape index (κ3) is 3.37. The maximum Gasteiger partial charge on any atom is 0.132 e. The highest BCUT2D eigenvalue weighted by molar-refractivity contribution is 6.29. The summed E-state index contributed by atoms with van der Waals surface area (Å²) >= 11 is 5.77. The SMILES string of the molecule is CC(C)[C@@H](CO)Nc1cc(C#N)cc(Cl)n1. The number of rotatable bonds is 4. The number of nitriles is 1. The molecule has 0 aliphatic carbocycles. The molecule has 86 valence electrons. The molecule has 0 saturated carbocycles. The lowest BCUT2D eigenvalue weighted by Crippen LogP contribution is -2.29. The molecular formula is C11H14ClN3O. The fourth-order valence-electron chi connectivity index (χ4n) is 1.25. The zero-order valence-electron chi connectivity index (χ0n) is 9.24. The van der Waals surface area contributed by atoms with E-state index in [1.54, 1.807) is 6.07 Å². The summed E-state index contributed by atoms with van der Waals surface area (Å²) in [6.07, 6.45) is 0. The summed E-state index contributed by atoms with van der Waals surface area (Å²) in [5.74, 6) is 0.771. The predicted octanol–water partition coefficient (Wildman–Crippen LogP) is 2.04. The van der Waals surface area contributed by atoms with Crippen LogP contribution in [-0.4, -0.2) is 22.7 Å². The molecule has 0 aliphatic rings. The minimum absolute atomic E-state index is 0.00769. The van der Waals surface area contributed by atoms with E-state index in [0.717, 1.165) is 0 Å². The van der Waals surface area contributed by atoms with E-state index in [9.17, 15) is 0 Å². The average Bonchev–Trinajstić information content (AvgIpc) is 2.24. The normalized spacial score (nSPS) is 12.2. The number of aliphatic hydroxyl groups excluding tert-OH is 1. The molecular weight excluding hydrogens is 226 g/mol. The van der Waals surface area contributed by atoms with E-state index < -0.39 is 0 Å². The summed E-state index contributed by atoms with van der Waals surface area (Å²) in [6.45, 7) is 3.99. The summed E-state index contributed by atoms with van der Waals surface area (Å²) < 4.78 is 0. The van der Waals surface area contributed by atoms with Crippen molar-refractivity contribution >= 4 is 17.4 Å². The topological polar surface area (TPSA) is 68.9 Å². The molecule has 1 aromatic rings. The molecule has 0 unspecified atom stereocenters. The Labute approximate surface area is 99.9 Å². The molecule has 0 radical (unpaired) electrons. The Bertz CT molecular complexity index is 401. The van der Waals surface area contributed by atoms with E-state index in [-0.39, 0.29) is 23.7 Å². The lowest BCUT2D eigenvalue weighted by molar-refractivity contribution is 0.249. The van der Waals surface area contributed by atoms with Crippen LogP contribution < -0.4 is 5.32 Å². The van der Waals surface area contributed by atoms with Crippen molar-refractivity contribution in [3.63, 3.8) is 0 Å². The lowest BCUT2D eigenvalue weighted by Gasteiger charge is -2.20.